The zero-order chi connectivity index (χ0) is 23.8. The first-order valence-electron chi connectivity index (χ1n) is 11.4. The number of fused-ring (bicyclic) bond motifs is 1. The summed E-state index contributed by atoms with van der Waals surface area (Å²) >= 11 is 0. The molecular formula is C25H29N7O2. The number of nitrogens with zero attached hydrogens (tertiary/aromatic N) is 7. The highest BCUT2D eigenvalue weighted by molar-refractivity contribution is 5.85. The molecule has 0 aliphatic rings. The molecule has 0 radical (unpaired) electrons. The number of aromatic nitrogens is 4. The van der Waals surface area contributed by atoms with Crippen LogP contribution in [0.25, 0.3) is 16.7 Å². The molecule has 9 heteroatoms. The highest BCUT2D eigenvalue weighted by Gasteiger charge is 2.11. The average Bonchev–Trinajstić information content (AvgIpc) is 3.33. The molecule has 0 aliphatic carbocycles. The lowest BCUT2D eigenvalue weighted by molar-refractivity contribution is 0.223. The molecular weight excluding hydrogens is 430 g/mol. The maximum Gasteiger partial charge on any atom is 0.188 e. The largest absolute Gasteiger partial charge is 0.497 e. The van der Waals surface area contributed by atoms with Crippen LogP contribution in [-0.2, 0) is 6.54 Å². The molecule has 176 valence electrons. The van der Waals surface area contributed by atoms with Gasteiger partial charge in [0, 0.05) is 12.6 Å². The molecule has 34 heavy (non-hydrogen) atoms. The van der Waals surface area contributed by atoms with Crippen LogP contribution in [-0.4, -0.2) is 58.0 Å². The Hall–Kier alpha value is -3.85. The predicted molar refractivity (Wildman–Crippen MR) is 131 cm³/mol. The van der Waals surface area contributed by atoms with Gasteiger partial charge in [0.2, 0.25) is 0 Å². The van der Waals surface area contributed by atoms with E-state index in [2.05, 4.69) is 44.0 Å². The Labute approximate surface area is 199 Å². The Kier molecular flexibility index (Phi) is 7.77. The molecule has 4 aromatic rings. The van der Waals surface area contributed by atoms with Gasteiger partial charge in [0.05, 0.1) is 30.9 Å². The van der Waals surface area contributed by atoms with Gasteiger partial charge in [0.25, 0.3) is 0 Å². The summed E-state index contributed by atoms with van der Waals surface area (Å²) in [5, 5.41) is 13.9. The highest BCUT2D eigenvalue weighted by Crippen LogP contribution is 2.25. The van der Waals surface area contributed by atoms with Crippen molar-refractivity contribution in [1.29, 1.82) is 0 Å². The first-order valence-corrected chi connectivity index (χ1v) is 11.4. The Bertz CT molecular complexity index is 1230. The molecule has 0 saturated carbocycles. The van der Waals surface area contributed by atoms with Crippen molar-refractivity contribution in [2.75, 3.05) is 33.4 Å². The highest BCUT2D eigenvalue weighted by atomic mass is 16.5. The zero-order valence-corrected chi connectivity index (χ0v) is 19.8. The van der Waals surface area contributed by atoms with Crippen molar-refractivity contribution in [2.45, 2.75) is 20.4 Å². The molecule has 0 unspecified atom stereocenters. The second-order valence-electron chi connectivity index (χ2n) is 7.61. The van der Waals surface area contributed by atoms with E-state index in [-0.39, 0.29) is 0 Å². The molecule has 0 aliphatic heterocycles. The fourth-order valence-corrected chi connectivity index (χ4v) is 3.55. The molecule has 0 N–H and O–H groups in total. The van der Waals surface area contributed by atoms with Crippen molar-refractivity contribution in [3.05, 3.63) is 66.6 Å². The molecule has 0 bridgehead atoms. The van der Waals surface area contributed by atoms with E-state index in [9.17, 15) is 0 Å². The number of hydrogen-bond donors (Lipinski definition) is 0. The summed E-state index contributed by atoms with van der Waals surface area (Å²) in [5.74, 6) is 2.08. The van der Waals surface area contributed by atoms with Gasteiger partial charge in [-0.15, -0.1) is 5.11 Å². The Morgan fingerprint density at radius 2 is 1.82 bits per heavy atom. The van der Waals surface area contributed by atoms with Gasteiger partial charge in [-0.2, -0.15) is 10.2 Å². The molecule has 0 spiro atoms. The van der Waals surface area contributed by atoms with Crippen LogP contribution in [0, 0.1) is 0 Å². The first kappa shape index (κ1) is 23.3. The molecule has 9 nitrogen and oxygen atoms in total. The summed E-state index contributed by atoms with van der Waals surface area (Å²) in [6, 6.07) is 15.6. The normalized spacial score (nSPS) is 11.5. The van der Waals surface area contributed by atoms with Crippen molar-refractivity contribution in [3.63, 3.8) is 0 Å². The number of methoxy groups -OCH3 is 1. The summed E-state index contributed by atoms with van der Waals surface area (Å²) in [6.07, 6.45) is 3.17. The minimum absolute atomic E-state index is 0.440. The van der Waals surface area contributed by atoms with E-state index in [1.165, 1.54) is 6.33 Å². The topological polar surface area (TPSA) is 90.0 Å². The van der Waals surface area contributed by atoms with Crippen LogP contribution in [0.4, 0.5) is 5.82 Å². The van der Waals surface area contributed by atoms with Gasteiger partial charge in [-0.3, -0.25) is 0 Å². The lowest BCUT2D eigenvalue weighted by Crippen LogP contribution is -2.27. The van der Waals surface area contributed by atoms with E-state index in [1.807, 2.05) is 48.5 Å². The summed E-state index contributed by atoms with van der Waals surface area (Å²) in [7, 11) is 1.63. The predicted octanol–water partition coefficient (Wildman–Crippen LogP) is 4.83. The maximum absolute atomic E-state index is 5.84. The number of hydrogen-bond acceptors (Lipinski definition) is 8. The van der Waals surface area contributed by atoms with Crippen molar-refractivity contribution in [2.24, 2.45) is 10.2 Å². The lowest BCUT2D eigenvalue weighted by Gasteiger charge is -2.18. The molecule has 0 atom stereocenters. The summed E-state index contributed by atoms with van der Waals surface area (Å²) in [5.41, 5.74) is 2.54. The van der Waals surface area contributed by atoms with Crippen molar-refractivity contribution < 1.29 is 9.47 Å². The third kappa shape index (κ3) is 5.55. The van der Waals surface area contributed by atoms with E-state index in [4.69, 9.17) is 9.47 Å². The molecule has 4 rings (SSSR count). The maximum atomic E-state index is 5.84. The van der Waals surface area contributed by atoms with Gasteiger partial charge >= 0.3 is 0 Å². The number of benzene rings is 2. The second kappa shape index (κ2) is 11.3. The molecule has 0 fully saturated rings. The van der Waals surface area contributed by atoms with Crippen LogP contribution >= 0.6 is 0 Å². The van der Waals surface area contributed by atoms with Crippen LogP contribution in [0.3, 0.4) is 0 Å². The average molecular weight is 460 g/mol. The molecule has 2 heterocycles. The van der Waals surface area contributed by atoms with Gasteiger partial charge in [0.1, 0.15) is 24.4 Å². The number of rotatable bonds is 11. The monoisotopic (exact) mass is 459 g/mol. The SMILES string of the molecule is CCN(CC)CCOc1ccc(CN=Nc2ncnc3c2cnn3-c2cccc(OC)c2)cc1. The second-order valence-corrected chi connectivity index (χ2v) is 7.61. The number of likely N-dealkylation sites (N-methyl/N-ethyl adjacent to an activating group) is 1. The standard InChI is InChI=1S/C25H29N7O2/c1-4-31(5-2)13-14-34-21-11-9-19(10-12-21)16-28-30-24-23-17-29-32(25(23)27-18-26-24)20-7-6-8-22(15-20)33-3/h6-12,15,17-18H,4-5,13-14,16H2,1-3H3. The van der Waals surface area contributed by atoms with Gasteiger partial charge in [0.15, 0.2) is 11.5 Å². The molecule has 2 aromatic carbocycles. The van der Waals surface area contributed by atoms with E-state index in [1.54, 1.807) is 18.0 Å². The van der Waals surface area contributed by atoms with Gasteiger partial charge in [-0.25, -0.2) is 14.6 Å². The van der Waals surface area contributed by atoms with E-state index in [0.29, 0.717) is 24.6 Å². The third-order valence-electron chi connectivity index (χ3n) is 5.56. The van der Waals surface area contributed by atoms with Crippen LogP contribution in [0.2, 0.25) is 0 Å². The van der Waals surface area contributed by atoms with Crippen LogP contribution in [0.15, 0.2) is 71.3 Å². The van der Waals surface area contributed by atoms with Crippen molar-refractivity contribution in [1.82, 2.24) is 24.6 Å². The molecule has 2 aromatic heterocycles. The van der Waals surface area contributed by atoms with E-state index >= 15 is 0 Å². The Balaban J connectivity index is 1.41. The van der Waals surface area contributed by atoms with Crippen molar-refractivity contribution in [3.8, 4) is 17.2 Å². The van der Waals surface area contributed by atoms with Gasteiger partial charge in [-0.05, 0) is 42.9 Å². The smallest absolute Gasteiger partial charge is 0.188 e. The number of azo groups is 1. The Morgan fingerprint density at radius 1 is 1.00 bits per heavy atom. The van der Waals surface area contributed by atoms with Crippen LogP contribution in [0.5, 0.6) is 11.5 Å². The molecule has 0 amide bonds. The summed E-state index contributed by atoms with van der Waals surface area (Å²) in [4.78, 5) is 11.0. The quantitative estimate of drug-likeness (QED) is 0.299. The van der Waals surface area contributed by atoms with Gasteiger partial charge < -0.3 is 14.4 Å². The fraction of sp³-hybridized carbons (Fsp3) is 0.320. The first-order chi connectivity index (χ1) is 16.7. The van der Waals surface area contributed by atoms with Crippen LogP contribution in [0.1, 0.15) is 19.4 Å². The summed E-state index contributed by atoms with van der Waals surface area (Å²) in [6.45, 7) is 8.42. The zero-order valence-electron chi connectivity index (χ0n) is 19.8. The lowest BCUT2D eigenvalue weighted by atomic mass is 10.2. The minimum atomic E-state index is 0.440. The third-order valence-corrected chi connectivity index (χ3v) is 5.56. The minimum Gasteiger partial charge on any atom is -0.497 e. The van der Waals surface area contributed by atoms with E-state index in [0.717, 1.165) is 47.8 Å². The summed E-state index contributed by atoms with van der Waals surface area (Å²) < 4.78 is 12.9. The molecule has 0 saturated heterocycles. The van der Waals surface area contributed by atoms with Crippen molar-refractivity contribution >= 4 is 16.9 Å². The van der Waals surface area contributed by atoms with E-state index < -0.39 is 0 Å². The van der Waals surface area contributed by atoms with Crippen LogP contribution < -0.4 is 9.47 Å². The van der Waals surface area contributed by atoms with Gasteiger partial charge in [-0.1, -0.05) is 32.0 Å². The Morgan fingerprint density at radius 3 is 2.59 bits per heavy atom. The number of ether oxygens (including phenoxy) is 2. The fourth-order valence-electron chi connectivity index (χ4n) is 3.55.